The van der Waals surface area contributed by atoms with Crippen LogP contribution in [0.3, 0.4) is 0 Å². The van der Waals surface area contributed by atoms with Crippen LogP contribution in [0.4, 0.5) is 5.69 Å². The Bertz CT molecular complexity index is 837. The molecule has 0 aromatic heterocycles. The molecule has 2 aliphatic carbocycles. The largest absolute Gasteiger partial charge is 0.321 e. The zero-order chi connectivity index (χ0) is 19.4. The number of nitrogens with one attached hydrogen (secondary N) is 1. The van der Waals surface area contributed by atoms with Gasteiger partial charge in [-0.2, -0.15) is 0 Å². The summed E-state index contributed by atoms with van der Waals surface area (Å²) in [5.74, 6) is 1.24. The minimum atomic E-state index is 0.0233. The van der Waals surface area contributed by atoms with Crippen LogP contribution < -0.4 is 5.32 Å². The number of carbonyl (C=O) groups is 1. The van der Waals surface area contributed by atoms with Crippen molar-refractivity contribution >= 4 is 33.1 Å². The van der Waals surface area contributed by atoms with Gasteiger partial charge in [-0.3, -0.25) is 4.79 Å². The summed E-state index contributed by atoms with van der Waals surface area (Å²) in [5.41, 5.74) is 4.85. The van der Waals surface area contributed by atoms with Gasteiger partial charge >= 0.3 is 0 Å². The normalized spacial score (nSPS) is 33.6. The molecule has 0 spiro atoms. The third-order valence-electron chi connectivity index (χ3n) is 7.64. The van der Waals surface area contributed by atoms with Crippen molar-refractivity contribution in [1.29, 1.82) is 0 Å². The molecule has 3 aliphatic rings. The lowest BCUT2D eigenvalue weighted by molar-refractivity contribution is -0.110. The van der Waals surface area contributed by atoms with E-state index in [1.807, 2.05) is 18.2 Å². The molecular formula is C24H30BrNO. The second-order valence-corrected chi connectivity index (χ2v) is 10.6. The van der Waals surface area contributed by atoms with Crippen molar-refractivity contribution in [2.45, 2.75) is 59.3 Å². The summed E-state index contributed by atoms with van der Waals surface area (Å²) >= 11 is 3.49. The molecule has 1 heterocycles. The van der Waals surface area contributed by atoms with E-state index >= 15 is 0 Å². The van der Waals surface area contributed by atoms with Gasteiger partial charge in [0.1, 0.15) is 0 Å². The first-order chi connectivity index (χ1) is 12.7. The van der Waals surface area contributed by atoms with E-state index in [4.69, 9.17) is 0 Å². The second-order valence-electron chi connectivity index (χ2n) is 9.65. The maximum absolute atomic E-state index is 12.5. The van der Waals surface area contributed by atoms with Gasteiger partial charge in [-0.1, -0.05) is 67.4 Å². The van der Waals surface area contributed by atoms with Crippen LogP contribution in [0.15, 0.2) is 40.9 Å². The molecule has 2 saturated carbocycles. The smallest absolute Gasteiger partial charge is 0.256 e. The van der Waals surface area contributed by atoms with Crippen LogP contribution in [0.5, 0.6) is 0 Å². The standard InChI is InChI=1S/C24H30BrNO/c1-15-6-11-21-23(2,3)12-5-13-24(21,4)19(15)10-9-18-17-8-7-16(25)14-20(17)26-22(18)27/h7-9,14,19,21H,1,5-6,10-13H2,2-4H3,(H,26,27)/b18-9-/t19-,21-,24+/m0/s1. The van der Waals surface area contributed by atoms with Crippen molar-refractivity contribution in [2.24, 2.45) is 22.7 Å². The van der Waals surface area contributed by atoms with Gasteiger partial charge in [0, 0.05) is 15.6 Å². The number of benzene rings is 1. The maximum Gasteiger partial charge on any atom is 0.256 e. The number of hydrogen-bond donors (Lipinski definition) is 1. The third-order valence-corrected chi connectivity index (χ3v) is 8.13. The van der Waals surface area contributed by atoms with Gasteiger partial charge in [0.15, 0.2) is 0 Å². The summed E-state index contributed by atoms with van der Waals surface area (Å²) in [6.07, 6.45) is 9.42. The Kier molecular flexibility index (Phi) is 4.65. The minimum Gasteiger partial charge on any atom is -0.321 e. The predicted octanol–water partition coefficient (Wildman–Crippen LogP) is 6.97. The number of rotatable bonds is 2. The van der Waals surface area contributed by atoms with E-state index in [-0.39, 0.29) is 5.91 Å². The molecule has 2 nitrogen and oxygen atoms in total. The van der Waals surface area contributed by atoms with Crippen LogP contribution in [0, 0.1) is 22.7 Å². The van der Waals surface area contributed by atoms with Crippen molar-refractivity contribution in [2.75, 3.05) is 5.32 Å². The Balaban J connectivity index is 1.65. The van der Waals surface area contributed by atoms with E-state index in [1.165, 1.54) is 31.3 Å². The third kappa shape index (κ3) is 3.12. The summed E-state index contributed by atoms with van der Waals surface area (Å²) in [4.78, 5) is 12.5. The fourth-order valence-electron chi connectivity index (χ4n) is 6.31. The summed E-state index contributed by atoms with van der Waals surface area (Å²) in [7, 11) is 0. The van der Waals surface area contributed by atoms with Crippen LogP contribution in [-0.4, -0.2) is 5.91 Å². The fourth-order valence-corrected chi connectivity index (χ4v) is 6.68. The summed E-state index contributed by atoms with van der Waals surface area (Å²) < 4.78 is 0.989. The first-order valence-electron chi connectivity index (χ1n) is 10.2. The Morgan fingerprint density at radius 2 is 2.07 bits per heavy atom. The summed E-state index contributed by atoms with van der Waals surface area (Å²) in [6, 6.07) is 6.02. The molecule has 1 amide bonds. The number of carbonyl (C=O) groups excluding carboxylic acids is 1. The van der Waals surface area contributed by atoms with Gasteiger partial charge in [-0.05, 0) is 66.9 Å². The van der Waals surface area contributed by atoms with Crippen LogP contribution in [-0.2, 0) is 4.79 Å². The molecule has 1 aliphatic heterocycles. The number of fused-ring (bicyclic) bond motifs is 2. The number of anilines is 1. The highest BCUT2D eigenvalue weighted by Gasteiger charge is 2.52. The molecule has 0 saturated heterocycles. The highest BCUT2D eigenvalue weighted by molar-refractivity contribution is 9.10. The molecular weight excluding hydrogens is 398 g/mol. The van der Waals surface area contributed by atoms with Crippen molar-refractivity contribution in [3.8, 4) is 0 Å². The van der Waals surface area contributed by atoms with Crippen LogP contribution in [0.25, 0.3) is 5.57 Å². The number of allylic oxidation sites excluding steroid dienone is 2. The lowest BCUT2D eigenvalue weighted by atomic mass is 9.47. The van der Waals surface area contributed by atoms with Gasteiger partial charge in [0.2, 0.25) is 0 Å². The van der Waals surface area contributed by atoms with Crippen LogP contribution in [0.1, 0.15) is 64.9 Å². The van der Waals surface area contributed by atoms with E-state index in [9.17, 15) is 4.79 Å². The molecule has 144 valence electrons. The maximum atomic E-state index is 12.5. The highest BCUT2D eigenvalue weighted by atomic mass is 79.9. The highest BCUT2D eigenvalue weighted by Crippen LogP contribution is 2.61. The van der Waals surface area contributed by atoms with Crippen molar-refractivity contribution in [3.05, 3.63) is 46.5 Å². The molecule has 0 unspecified atom stereocenters. The fraction of sp³-hybridized carbons (Fsp3) is 0.542. The molecule has 27 heavy (non-hydrogen) atoms. The molecule has 1 N–H and O–H groups in total. The minimum absolute atomic E-state index is 0.0233. The average molecular weight is 428 g/mol. The van der Waals surface area contributed by atoms with Gasteiger partial charge in [-0.25, -0.2) is 0 Å². The lowest BCUT2D eigenvalue weighted by Crippen LogP contribution is -2.49. The zero-order valence-corrected chi connectivity index (χ0v) is 18.3. The van der Waals surface area contributed by atoms with E-state index in [1.54, 1.807) is 0 Å². The van der Waals surface area contributed by atoms with Gasteiger partial charge < -0.3 is 5.32 Å². The zero-order valence-electron chi connectivity index (χ0n) is 16.7. The first kappa shape index (κ1) is 19.0. The van der Waals surface area contributed by atoms with E-state index in [0.717, 1.165) is 40.1 Å². The van der Waals surface area contributed by atoms with E-state index < -0.39 is 0 Å². The first-order valence-corrected chi connectivity index (χ1v) is 11.0. The van der Waals surface area contributed by atoms with E-state index in [2.05, 4.69) is 54.7 Å². The number of hydrogen-bond acceptors (Lipinski definition) is 1. The summed E-state index contributed by atoms with van der Waals surface area (Å²) in [5, 5.41) is 3.01. The van der Waals surface area contributed by atoms with Gasteiger partial charge in [0.25, 0.3) is 5.91 Å². The van der Waals surface area contributed by atoms with Crippen molar-refractivity contribution in [3.63, 3.8) is 0 Å². The number of halogens is 1. The lowest BCUT2D eigenvalue weighted by Gasteiger charge is -2.58. The topological polar surface area (TPSA) is 29.1 Å². The molecule has 1 aromatic carbocycles. The Morgan fingerprint density at radius 3 is 2.85 bits per heavy atom. The molecule has 0 radical (unpaired) electrons. The van der Waals surface area contributed by atoms with E-state index in [0.29, 0.717) is 16.7 Å². The molecule has 2 fully saturated rings. The molecule has 4 rings (SSSR count). The SMILES string of the molecule is C=C1CC[C@H]2C(C)(C)CCC[C@]2(C)[C@H]1C/C=C1\C(=O)Nc2cc(Br)ccc21. The van der Waals surface area contributed by atoms with Crippen LogP contribution in [0.2, 0.25) is 0 Å². The molecule has 3 atom stereocenters. The van der Waals surface area contributed by atoms with Gasteiger partial charge in [0.05, 0.1) is 5.69 Å². The molecule has 0 bridgehead atoms. The Morgan fingerprint density at radius 1 is 1.30 bits per heavy atom. The Hall–Kier alpha value is -1.35. The predicted molar refractivity (Wildman–Crippen MR) is 116 cm³/mol. The molecule has 1 aromatic rings. The quantitative estimate of drug-likeness (QED) is 0.400. The second kappa shape index (κ2) is 6.62. The Labute approximate surface area is 171 Å². The monoisotopic (exact) mass is 427 g/mol. The average Bonchev–Trinajstić information content (AvgIpc) is 2.88. The summed E-state index contributed by atoms with van der Waals surface area (Å²) in [6.45, 7) is 11.9. The van der Waals surface area contributed by atoms with Gasteiger partial charge in [-0.15, -0.1) is 0 Å². The molecule has 3 heteroatoms. The van der Waals surface area contributed by atoms with Crippen LogP contribution >= 0.6 is 15.9 Å². The number of amides is 1. The van der Waals surface area contributed by atoms with Crippen molar-refractivity contribution in [1.82, 2.24) is 0 Å². The van der Waals surface area contributed by atoms with Crippen molar-refractivity contribution < 1.29 is 4.79 Å².